The number of amides is 3. The van der Waals surface area contributed by atoms with E-state index in [1.165, 1.54) is 9.80 Å². The number of benzene rings is 2. The fraction of sp³-hybridized carbons (Fsp3) is 0.400. The molecule has 1 saturated heterocycles. The van der Waals surface area contributed by atoms with E-state index in [4.69, 9.17) is 21.1 Å². The van der Waals surface area contributed by atoms with Crippen molar-refractivity contribution >= 4 is 35.0 Å². The van der Waals surface area contributed by atoms with Crippen LogP contribution in [0.5, 0.6) is 0 Å². The zero-order valence-electron chi connectivity index (χ0n) is 19.5. The van der Waals surface area contributed by atoms with Crippen molar-refractivity contribution in [3.8, 4) is 0 Å². The van der Waals surface area contributed by atoms with Crippen molar-refractivity contribution in [1.29, 1.82) is 0 Å². The molecular formula is C25H30ClN3O5. The van der Waals surface area contributed by atoms with Crippen molar-refractivity contribution < 1.29 is 23.9 Å². The third-order valence-corrected chi connectivity index (χ3v) is 6.02. The predicted octanol–water partition coefficient (Wildman–Crippen LogP) is 2.86. The summed E-state index contributed by atoms with van der Waals surface area (Å²) in [4.78, 5) is 42.9. The minimum Gasteiger partial charge on any atom is -0.385 e. The predicted molar refractivity (Wildman–Crippen MR) is 129 cm³/mol. The van der Waals surface area contributed by atoms with Gasteiger partial charge in [-0.25, -0.2) is 0 Å². The summed E-state index contributed by atoms with van der Waals surface area (Å²) in [6.45, 7) is 2.76. The number of hydrogen-bond donors (Lipinski definition) is 0. The number of nitrogens with zero attached hydrogens (tertiary/aromatic N) is 3. The molecule has 0 atom stereocenters. The number of carbonyl (C=O) groups is 3. The molecule has 1 fully saturated rings. The lowest BCUT2D eigenvalue weighted by molar-refractivity contribution is -0.143. The molecule has 0 saturated carbocycles. The maximum absolute atomic E-state index is 13.0. The molecule has 1 aliphatic rings. The molecule has 1 heterocycles. The molecule has 0 spiro atoms. The van der Waals surface area contributed by atoms with Crippen LogP contribution in [0.4, 0.5) is 5.69 Å². The van der Waals surface area contributed by atoms with Crippen LogP contribution in [-0.4, -0.2) is 74.1 Å². The molecule has 2 aromatic carbocycles. The average molecular weight is 488 g/mol. The minimum atomic E-state index is -0.302. The standard InChI is InChI=1S/C25H30ClN3O5/c1-19-21(26)10-6-11-22(19)29-18-28(15-24(29)31)23(30)14-27(12-7-13-33-2)25(32)17-34-16-20-8-4-3-5-9-20/h3-6,8-11H,7,12-18H2,1-2H3. The van der Waals surface area contributed by atoms with Crippen LogP contribution < -0.4 is 4.90 Å². The number of rotatable bonds is 11. The van der Waals surface area contributed by atoms with Crippen molar-refractivity contribution in [3.05, 3.63) is 64.7 Å². The van der Waals surface area contributed by atoms with Gasteiger partial charge < -0.3 is 19.3 Å². The van der Waals surface area contributed by atoms with Crippen LogP contribution in [0.2, 0.25) is 5.02 Å². The lowest BCUT2D eigenvalue weighted by atomic mass is 10.2. The number of hydrogen-bond acceptors (Lipinski definition) is 5. The highest BCUT2D eigenvalue weighted by molar-refractivity contribution is 6.31. The number of halogens is 1. The molecule has 0 unspecified atom stereocenters. The van der Waals surface area contributed by atoms with Crippen LogP contribution in [0.25, 0.3) is 0 Å². The van der Waals surface area contributed by atoms with E-state index in [2.05, 4.69) is 0 Å². The van der Waals surface area contributed by atoms with Gasteiger partial charge in [0.1, 0.15) is 19.8 Å². The van der Waals surface area contributed by atoms with E-state index in [1.807, 2.05) is 37.3 Å². The van der Waals surface area contributed by atoms with Gasteiger partial charge in [-0.05, 0) is 36.6 Å². The van der Waals surface area contributed by atoms with Gasteiger partial charge in [-0.2, -0.15) is 0 Å². The van der Waals surface area contributed by atoms with E-state index in [0.717, 1.165) is 11.1 Å². The second-order valence-corrected chi connectivity index (χ2v) is 8.49. The Balaban J connectivity index is 1.60. The molecule has 2 aromatic rings. The summed E-state index contributed by atoms with van der Waals surface area (Å²) < 4.78 is 10.7. The molecule has 34 heavy (non-hydrogen) atoms. The summed E-state index contributed by atoms with van der Waals surface area (Å²) >= 11 is 6.20. The molecule has 0 aliphatic carbocycles. The maximum Gasteiger partial charge on any atom is 0.249 e. The first-order chi connectivity index (χ1) is 16.4. The topological polar surface area (TPSA) is 79.4 Å². The van der Waals surface area contributed by atoms with Crippen LogP contribution in [0.1, 0.15) is 17.5 Å². The average Bonchev–Trinajstić information content (AvgIpc) is 3.22. The molecule has 3 amide bonds. The Kier molecular flexibility index (Phi) is 9.44. The van der Waals surface area contributed by atoms with Crippen molar-refractivity contribution in [2.75, 3.05) is 51.5 Å². The van der Waals surface area contributed by atoms with Crippen LogP contribution in [0, 0.1) is 6.92 Å². The van der Waals surface area contributed by atoms with Crippen LogP contribution >= 0.6 is 11.6 Å². The summed E-state index contributed by atoms with van der Waals surface area (Å²) in [5.41, 5.74) is 2.41. The van der Waals surface area contributed by atoms with Crippen molar-refractivity contribution in [1.82, 2.24) is 9.80 Å². The molecule has 0 radical (unpaired) electrons. The van der Waals surface area contributed by atoms with E-state index in [-0.39, 0.29) is 44.1 Å². The van der Waals surface area contributed by atoms with E-state index < -0.39 is 0 Å². The number of methoxy groups -OCH3 is 1. The van der Waals surface area contributed by atoms with Crippen molar-refractivity contribution in [3.63, 3.8) is 0 Å². The zero-order valence-corrected chi connectivity index (χ0v) is 20.3. The van der Waals surface area contributed by atoms with Gasteiger partial charge >= 0.3 is 0 Å². The van der Waals surface area contributed by atoms with E-state index in [1.54, 1.807) is 30.2 Å². The Labute approximate surface area is 205 Å². The fourth-order valence-electron chi connectivity index (χ4n) is 3.69. The smallest absolute Gasteiger partial charge is 0.249 e. The largest absolute Gasteiger partial charge is 0.385 e. The summed E-state index contributed by atoms with van der Waals surface area (Å²) in [5.74, 6) is -0.778. The zero-order chi connectivity index (χ0) is 24.5. The summed E-state index contributed by atoms with van der Waals surface area (Å²) in [6, 6.07) is 14.9. The molecular weight excluding hydrogens is 458 g/mol. The molecule has 8 nitrogen and oxygen atoms in total. The first kappa shape index (κ1) is 25.7. The lowest BCUT2D eigenvalue weighted by Crippen LogP contribution is -2.44. The quantitative estimate of drug-likeness (QED) is 0.455. The Morgan fingerprint density at radius 2 is 1.88 bits per heavy atom. The molecule has 3 rings (SSSR count). The van der Waals surface area contributed by atoms with Gasteiger partial charge in [0.15, 0.2) is 0 Å². The first-order valence-corrected chi connectivity index (χ1v) is 11.5. The Morgan fingerprint density at radius 1 is 1.12 bits per heavy atom. The van der Waals surface area contributed by atoms with Gasteiger partial charge in [0.05, 0.1) is 13.2 Å². The van der Waals surface area contributed by atoms with E-state index >= 15 is 0 Å². The normalized spacial score (nSPS) is 13.4. The van der Waals surface area contributed by atoms with Gasteiger partial charge in [0.2, 0.25) is 17.7 Å². The van der Waals surface area contributed by atoms with E-state index in [9.17, 15) is 14.4 Å². The Hall–Kier alpha value is -2.94. The maximum atomic E-state index is 13.0. The molecule has 1 aliphatic heterocycles. The van der Waals surface area contributed by atoms with Gasteiger partial charge in [0, 0.05) is 31.0 Å². The number of anilines is 1. The third kappa shape index (κ3) is 6.79. The highest BCUT2D eigenvalue weighted by Gasteiger charge is 2.33. The summed E-state index contributed by atoms with van der Waals surface area (Å²) in [5, 5.41) is 0.556. The minimum absolute atomic E-state index is 0.0462. The van der Waals surface area contributed by atoms with Gasteiger partial charge in [-0.3, -0.25) is 19.3 Å². The van der Waals surface area contributed by atoms with Crippen LogP contribution in [0.3, 0.4) is 0 Å². The van der Waals surface area contributed by atoms with Crippen molar-refractivity contribution in [2.45, 2.75) is 20.0 Å². The van der Waals surface area contributed by atoms with E-state index in [0.29, 0.717) is 36.9 Å². The molecule has 0 aromatic heterocycles. The molecule has 182 valence electrons. The second kappa shape index (κ2) is 12.5. The molecule has 0 N–H and O–H groups in total. The SMILES string of the molecule is COCCCN(CC(=O)N1CC(=O)N(c2cccc(Cl)c2C)C1)C(=O)COCc1ccccc1. The highest BCUT2D eigenvalue weighted by atomic mass is 35.5. The molecule has 9 heteroatoms. The van der Waals surface area contributed by atoms with Crippen LogP contribution in [-0.2, 0) is 30.5 Å². The molecule has 0 bridgehead atoms. The summed E-state index contributed by atoms with van der Waals surface area (Å²) in [6.07, 6.45) is 0.584. The second-order valence-electron chi connectivity index (χ2n) is 8.08. The van der Waals surface area contributed by atoms with Crippen molar-refractivity contribution in [2.24, 2.45) is 0 Å². The summed E-state index contributed by atoms with van der Waals surface area (Å²) in [7, 11) is 1.59. The lowest BCUT2D eigenvalue weighted by Gasteiger charge is -2.25. The van der Waals surface area contributed by atoms with Gasteiger partial charge in [0.25, 0.3) is 0 Å². The number of carbonyl (C=O) groups excluding carboxylic acids is 3. The van der Waals surface area contributed by atoms with Crippen LogP contribution in [0.15, 0.2) is 48.5 Å². The van der Waals surface area contributed by atoms with Gasteiger partial charge in [-0.15, -0.1) is 0 Å². The van der Waals surface area contributed by atoms with Gasteiger partial charge in [-0.1, -0.05) is 48.0 Å². The Bertz CT molecular complexity index is 1000. The first-order valence-electron chi connectivity index (χ1n) is 11.1. The number of ether oxygens (including phenoxy) is 2. The third-order valence-electron chi connectivity index (χ3n) is 5.61. The monoisotopic (exact) mass is 487 g/mol. The highest BCUT2D eigenvalue weighted by Crippen LogP contribution is 2.28. The Morgan fingerprint density at radius 3 is 2.62 bits per heavy atom. The fourth-order valence-corrected chi connectivity index (χ4v) is 3.86.